The van der Waals surface area contributed by atoms with E-state index < -0.39 is 0 Å². The molecule has 0 aliphatic carbocycles. The largest absolute Gasteiger partial charge is 0.436 e. The highest BCUT2D eigenvalue weighted by molar-refractivity contribution is 5.85. The zero-order valence-corrected chi connectivity index (χ0v) is 13.0. The fourth-order valence-electron chi connectivity index (χ4n) is 2.21. The van der Waals surface area contributed by atoms with Crippen LogP contribution >= 0.6 is 12.4 Å². The molecule has 0 amide bonds. The molecule has 110 valence electrons. The highest BCUT2D eigenvalue weighted by Gasteiger charge is 2.09. The topological polar surface area (TPSA) is 52.0 Å². The summed E-state index contributed by atoms with van der Waals surface area (Å²) in [5.41, 5.74) is 10.7. The van der Waals surface area contributed by atoms with Crippen molar-refractivity contribution in [2.45, 2.75) is 26.3 Å². The maximum Gasteiger partial charge on any atom is 0.227 e. The monoisotopic (exact) mass is 302 g/mol. The van der Waals surface area contributed by atoms with E-state index >= 15 is 0 Å². The molecule has 2 N–H and O–H groups in total. The third-order valence-corrected chi connectivity index (χ3v) is 3.51. The van der Waals surface area contributed by atoms with Crippen molar-refractivity contribution < 1.29 is 4.42 Å². The number of hydrogen-bond donors (Lipinski definition) is 1. The van der Waals surface area contributed by atoms with Crippen molar-refractivity contribution in [1.82, 2.24) is 4.98 Å². The first-order chi connectivity index (χ1) is 9.67. The molecule has 3 nitrogen and oxygen atoms in total. The van der Waals surface area contributed by atoms with Gasteiger partial charge in [0, 0.05) is 12.1 Å². The van der Waals surface area contributed by atoms with E-state index in [0.717, 1.165) is 22.2 Å². The van der Waals surface area contributed by atoms with E-state index in [0.29, 0.717) is 18.4 Å². The molecule has 2 aromatic carbocycles. The Hall–Kier alpha value is -1.84. The average molecular weight is 303 g/mol. The highest BCUT2D eigenvalue weighted by Crippen LogP contribution is 2.27. The number of halogens is 1. The molecule has 0 bridgehead atoms. The first kappa shape index (κ1) is 15.5. The van der Waals surface area contributed by atoms with Gasteiger partial charge in [-0.25, -0.2) is 4.98 Å². The highest BCUT2D eigenvalue weighted by atomic mass is 35.5. The van der Waals surface area contributed by atoms with Gasteiger partial charge < -0.3 is 10.2 Å². The number of nitrogens with zero attached hydrogens (tertiary/aromatic N) is 1. The van der Waals surface area contributed by atoms with Gasteiger partial charge in [0.15, 0.2) is 5.58 Å². The van der Waals surface area contributed by atoms with Crippen LogP contribution in [0.1, 0.15) is 30.9 Å². The first-order valence-corrected chi connectivity index (χ1v) is 6.87. The summed E-state index contributed by atoms with van der Waals surface area (Å²) >= 11 is 0. The lowest BCUT2D eigenvalue weighted by Crippen LogP contribution is -1.95. The van der Waals surface area contributed by atoms with Crippen molar-refractivity contribution in [3.05, 3.63) is 53.6 Å². The Morgan fingerprint density at radius 1 is 1.10 bits per heavy atom. The fourth-order valence-corrected chi connectivity index (χ4v) is 2.21. The second-order valence-electron chi connectivity index (χ2n) is 5.30. The standard InChI is InChI=1S/C17H18N2O.ClH/c1-11(2)14-7-8-16-15(9-14)19-17(20-16)13-5-3-12(10-18)4-6-13;/h3-9,11H,10,18H2,1-2H3;1H. The second-order valence-corrected chi connectivity index (χ2v) is 5.30. The van der Waals surface area contributed by atoms with Gasteiger partial charge in [-0.15, -0.1) is 12.4 Å². The van der Waals surface area contributed by atoms with Crippen LogP contribution in [0.15, 0.2) is 46.9 Å². The molecular weight excluding hydrogens is 284 g/mol. The summed E-state index contributed by atoms with van der Waals surface area (Å²) in [5.74, 6) is 1.15. The molecule has 0 spiro atoms. The van der Waals surface area contributed by atoms with Gasteiger partial charge >= 0.3 is 0 Å². The van der Waals surface area contributed by atoms with Crippen LogP contribution in [0.4, 0.5) is 0 Å². The minimum atomic E-state index is 0. The van der Waals surface area contributed by atoms with Crippen molar-refractivity contribution in [2.75, 3.05) is 0 Å². The van der Waals surface area contributed by atoms with Crippen LogP contribution in [0.2, 0.25) is 0 Å². The molecule has 0 aliphatic heterocycles. The van der Waals surface area contributed by atoms with Crippen LogP contribution in [-0.4, -0.2) is 4.98 Å². The normalized spacial score (nSPS) is 10.9. The Bertz CT molecular complexity index is 732. The molecule has 0 fully saturated rings. The predicted molar refractivity (Wildman–Crippen MR) is 88.7 cm³/mol. The Labute approximate surface area is 130 Å². The van der Waals surface area contributed by atoms with Crippen LogP contribution in [-0.2, 0) is 6.54 Å². The van der Waals surface area contributed by atoms with Crippen LogP contribution < -0.4 is 5.73 Å². The van der Waals surface area contributed by atoms with E-state index in [1.54, 1.807) is 0 Å². The minimum absolute atomic E-state index is 0. The molecule has 3 rings (SSSR count). The number of benzene rings is 2. The summed E-state index contributed by atoms with van der Waals surface area (Å²) < 4.78 is 5.82. The van der Waals surface area contributed by atoms with E-state index in [9.17, 15) is 0 Å². The second kappa shape index (κ2) is 6.29. The molecule has 1 heterocycles. The summed E-state index contributed by atoms with van der Waals surface area (Å²) in [4.78, 5) is 4.58. The minimum Gasteiger partial charge on any atom is -0.436 e. The number of rotatable bonds is 3. The van der Waals surface area contributed by atoms with Crippen LogP contribution in [0.5, 0.6) is 0 Å². The van der Waals surface area contributed by atoms with Crippen molar-refractivity contribution >= 4 is 23.5 Å². The third-order valence-electron chi connectivity index (χ3n) is 3.51. The van der Waals surface area contributed by atoms with Gasteiger partial charge in [-0.2, -0.15) is 0 Å². The van der Waals surface area contributed by atoms with E-state index in [-0.39, 0.29) is 12.4 Å². The Kier molecular flexibility index (Phi) is 4.66. The van der Waals surface area contributed by atoms with E-state index in [4.69, 9.17) is 10.2 Å². The van der Waals surface area contributed by atoms with Crippen molar-refractivity contribution in [3.8, 4) is 11.5 Å². The summed E-state index contributed by atoms with van der Waals surface area (Å²) in [5, 5.41) is 0. The number of hydrogen-bond acceptors (Lipinski definition) is 3. The summed E-state index contributed by atoms with van der Waals surface area (Å²) in [6, 6.07) is 14.2. The maximum atomic E-state index is 5.82. The lowest BCUT2D eigenvalue weighted by molar-refractivity contribution is 0.619. The van der Waals surface area contributed by atoms with Gasteiger partial charge in [0.05, 0.1) is 0 Å². The third kappa shape index (κ3) is 3.09. The molecule has 0 atom stereocenters. The Morgan fingerprint density at radius 3 is 2.43 bits per heavy atom. The lowest BCUT2D eigenvalue weighted by atomic mass is 10.0. The van der Waals surface area contributed by atoms with Gasteiger partial charge in [-0.05, 0) is 41.3 Å². The molecule has 0 radical (unpaired) electrons. The molecule has 0 aliphatic rings. The van der Waals surface area contributed by atoms with Gasteiger partial charge in [-0.3, -0.25) is 0 Å². The van der Waals surface area contributed by atoms with Gasteiger partial charge in [0.25, 0.3) is 0 Å². The van der Waals surface area contributed by atoms with Crippen LogP contribution in [0, 0.1) is 0 Å². The SMILES string of the molecule is CC(C)c1ccc2oc(-c3ccc(CN)cc3)nc2c1.Cl. The number of nitrogens with two attached hydrogens (primary N) is 1. The summed E-state index contributed by atoms with van der Waals surface area (Å²) in [6.45, 7) is 4.90. The molecule has 21 heavy (non-hydrogen) atoms. The molecular formula is C17H19ClN2O. The van der Waals surface area contributed by atoms with Gasteiger partial charge in [0.1, 0.15) is 5.52 Å². The number of fused-ring (bicyclic) bond motifs is 1. The Morgan fingerprint density at radius 2 is 1.81 bits per heavy atom. The quantitative estimate of drug-likeness (QED) is 0.775. The van der Waals surface area contributed by atoms with Crippen molar-refractivity contribution in [2.24, 2.45) is 5.73 Å². The molecule has 0 unspecified atom stereocenters. The molecule has 0 saturated heterocycles. The molecule has 4 heteroatoms. The smallest absolute Gasteiger partial charge is 0.227 e. The van der Waals surface area contributed by atoms with Crippen LogP contribution in [0.25, 0.3) is 22.6 Å². The summed E-state index contributed by atoms with van der Waals surface area (Å²) in [6.07, 6.45) is 0. The van der Waals surface area contributed by atoms with Gasteiger partial charge in [-0.1, -0.05) is 32.0 Å². The molecule has 0 saturated carbocycles. The fraction of sp³-hybridized carbons (Fsp3) is 0.235. The van der Waals surface area contributed by atoms with E-state index in [2.05, 4.69) is 31.0 Å². The van der Waals surface area contributed by atoms with Crippen LogP contribution in [0.3, 0.4) is 0 Å². The number of aromatic nitrogens is 1. The number of oxazole rings is 1. The molecule has 1 aromatic heterocycles. The zero-order chi connectivity index (χ0) is 14.1. The average Bonchev–Trinajstić information content (AvgIpc) is 2.90. The van der Waals surface area contributed by atoms with Crippen molar-refractivity contribution in [1.29, 1.82) is 0 Å². The van der Waals surface area contributed by atoms with Gasteiger partial charge in [0.2, 0.25) is 5.89 Å². The molecule has 3 aromatic rings. The van der Waals surface area contributed by atoms with Crippen molar-refractivity contribution in [3.63, 3.8) is 0 Å². The Balaban J connectivity index is 0.00000161. The lowest BCUT2D eigenvalue weighted by Gasteiger charge is -2.02. The zero-order valence-electron chi connectivity index (χ0n) is 12.2. The maximum absolute atomic E-state index is 5.82. The predicted octanol–water partition coefficient (Wildman–Crippen LogP) is 4.50. The van der Waals surface area contributed by atoms with E-state index in [1.165, 1.54) is 5.56 Å². The first-order valence-electron chi connectivity index (χ1n) is 6.87. The van der Waals surface area contributed by atoms with E-state index in [1.807, 2.05) is 30.3 Å². The summed E-state index contributed by atoms with van der Waals surface area (Å²) in [7, 11) is 0.